The molecule has 1 saturated carbocycles. The van der Waals surface area contributed by atoms with Gasteiger partial charge in [-0.25, -0.2) is 9.80 Å². The SMILES string of the molecule is Cc1ccc(N2C(=O)C3CC=C4C(CC5C(=O)N(c6ccc(C)c(Cl)c6)C(=O)C5C4C4=COc5ccc(O)cc5C4)C3C2=O)cc1Cl. The molecule has 5 aliphatic rings. The molecule has 2 saturated heterocycles. The Balaban J connectivity index is 1.22. The number of aryl methyl sites for hydroxylation is 2. The zero-order valence-corrected chi connectivity index (χ0v) is 27.1. The predicted octanol–water partition coefficient (Wildman–Crippen LogP) is 6.71. The van der Waals surface area contributed by atoms with Gasteiger partial charge in [0.05, 0.1) is 41.3 Å². The van der Waals surface area contributed by atoms with Gasteiger partial charge < -0.3 is 9.84 Å². The second-order valence-electron chi connectivity index (χ2n) is 13.2. The van der Waals surface area contributed by atoms with Crippen molar-refractivity contribution < 1.29 is 29.0 Å². The van der Waals surface area contributed by atoms with Crippen LogP contribution >= 0.6 is 23.2 Å². The molecule has 0 aromatic heterocycles. The van der Waals surface area contributed by atoms with Crippen molar-refractivity contribution in [1.82, 2.24) is 0 Å². The number of benzene rings is 3. The molecule has 3 aromatic rings. The van der Waals surface area contributed by atoms with Crippen molar-refractivity contribution in [3.63, 3.8) is 0 Å². The first-order valence-corrected chi connectivity index (χ1v) is 16.4. The number of hydrogen-bond acceptors (Lipinski definition) is 6. The van der Waals surface area contributed by atoms with Crippen LogP contribution in [0, 0.1) is 49.4 Å². The molecular formula is C37H30Cl2N2O6. The third-order valence-corrected chi connectivity index (χ3v) is 11.5. The molecule has 3 heterocycles. The normalized spacial score (nSPS) is 27.9. The fraction of sp³-hybridized carbons (Fsp3) is 0.297. The number of phenolic OH excluding ortho intramolecular Hbond substituents is 1. The number of amides is 4. The number of nitrogens with zero attached hydrogens (tertiary/aromatic N) is 2. The number of anilines is 2. The number of hydrogen-bond donors (Lipinski definition) is 1. The molecule has 8 rings (SSSR count). The molecular weight excluding hydrogens is 639 g/mol. The molecule has 1 N–H and O–H groups in total. The lowest BCUT2D eigenvalue weighted by Gasteiger charge is -2.45. The quantitative estimate of drug-likeness (QED) is 0.246. The zero-order chi connectivity index (χ0) is 32.9. The highest BCUT2D eigenvalue weighted by Gasteiger charge is 2.62. The summed E-state index contributed by atoms with van der Waals surface area (Å²) in [5, 5.41) is 11.1. The maximum absolute atomic E-state index is 14.4. The van der Waals surface area contributed by atoms with Gasteiger partial charge in [-0.2, -0.15) is 0 Å². The van der Waals surface area contributed by atoms with E-state index in [4.69, 9.17) is 27.9 Å². The minimum absolute atomic E-state index is 0.0913. The predicted molar refractivity (Wildman–Crippen MR) is 176 cm³/mol. The summed E-state index contributed by atoms with van der Waals surface area (Å²) in [5.74, 6) is -4.37. The van der Waals surface area contributed by atoms with Gasteiger partial charge in [0.2, 0.25) is 23.6 Å². The topological polar surface area (TPSA) is 104 Å². The number of fused-ring (bicyclic) bond motifs is 5. The summed E-state index contributed by atoms with van der Waals surface area (Å²) in [7, 11) is 0. The van der Waals surface area contributed by atoms with Crippen molar-refractivity contribution >= 4 is 58.2 Å². The Morgan fingerprint density at radius 1 is 0.745 bits per heavy atom. The van der Waals surface area contributed by atoms with Gasteiger partial charge in [0.25, 0.3) is 0 Å². The fourth-order valence-electron chi connectivity index (χ4n) is 8.36. The number of carbonyl (C=O) groups is 4. The number of aromatic hydroxyl groups is 1. The molecule has 2 aliphatic carbocycles. The van der Waals surface area contributed by atoms with Gasteiger partial charge in [0, 0.05) is 27.9 Å². The Kier molecular flexibility index (Phi) is 6.90. The van der Waals surface area contributed by atoms with E-state index in [1.54, 1.807) is 60.9 Å². The summed E-state index contributed by atoms with van der Waals surface area (Å²) in [5.41, 5.74) is 4.88. The summed E-state index contributed by atoms with van der Waals surface area (Å²) in [6.45, 7) is 3.70. The van der Waals surface area contributed by atoms with Gasteiger partial charge in [-0.3, -0.25) is 19.2 Å². The number of allylic oxidation sites excluding steroid dienone is 3. The van der Waals surface area contributed by atoms with Crippen LogP contribution in [0.4, 0.5) is 11.4 Å². The molecule has 3 fully saturated rings. The van der Waals surface area contributed by atoms with E-state index < -0.39 is 35.5 Å². The molecule has 0 radical (unpaired) electrons. The smallest absolute Gasteiger partial charge is 0.238 e. The lowest BCUT2D eigenvalue weighted by atomic mass is 9.56. The molecule has 3 aliphatic heterocycles. The number of phenols is 1. The number of halogens is 2. The standard InChI is InChI=1S/C37H30Cl2N2O6/c1-17-3-5-21(13-28(17)38)40-34(43)25-9-8-24-26(32(25)36(40)45)15-27-33(31(24)20-11-19-12-23(42)7-10-30(19)47-16-20)37(46)41(35(27)44)22-6-4-18(2)29(39)14-22/h3-8,10,12-14,16,25-27,31-33,42H,9,11,15H2,1-2H3. The van der Waals surface area contributed by atoms with E-state index in [0.717, 1.165) is 27.8 Å². The van der Waals surface area contributed by atoms with Gasteiger partial charge >= 0.3 is 0 Å². The maximum atomic E-state index is 14.4. The van der Waals surface area contributed by atoms with Crippen LogP contribution in [-0.4, -0.2) is 28.7 Å². The summed E-state index contributed by atoms with van der Waals surface area (Å²) in [6.07, 6.45) is 4.61. The van der Waals surface area contributed by atoms with Crippen LogP contribution in [-0.2, 0) is 25.6 Å². The number of ether oxygens (including phenoxy) is 1. The van der Waals surface area contributed by atoms with Gasteiger partial charge in [-0.1, -0.05) is 47.0 Å². The Labute approximate surface area is 281 Å². The van der Waals surface area contributed by atoms with Crippen LogP contribution in [0.3, 0.4) is 0 Å². The molecule has 6 unspecified atom stereocenters. The third kappa shape index (κ3) is 4.49. The van der Waals surface area contributed by atoms with E-state index in [0.29, 0.717) is 40.0 Å². The van der Waals surface area contributed by atoms with Gasteiger partial charge in [0.1, 0.15) is 11.5 Å². The molecule has 238 valence electrons. The molecule has 8 nitrogen and oxygen atoms in total. The molecule has 4 amide bonds. The number of rotatable bonds is 3. The molecule has 0 spiro atoms. The first kappa shape index (κ1) is 30.0. The van der Waals surface area contributed by atoms with E-state index in [-0.39, 0.29) is 35.8 Å². The highest BCUT2D eigenvalue weighted by Crippen LogP contribution is 2.58. The highest BCUT2D eigenvalue weighted by molar-refractivity contribution is 6.33. The van der Waals surface area contributed by atoms with Crippen molar-refractivity contribution in [2.75, 3.05) is 9.80 Å². The van der Waals surface area contributed by atoms with E-state index >= 15 is 0 Å². The zero-order valence-electron chi connectivity index (χ0n) is 25.6. The Hall–Kier alpha value is -4.40. The molecule has 3 aromatic carbocycles. The molecule has 10 heteroatoms. The molecule has 0 bridgehead atoms. The monoisotopic (exact) mass is 668 g/mol. The van der Waals surface area contributed by atoms with Crippen molar-refractivity contribution in [2.24, 2.45) is 35.5 Å². The molecule has 47 heavy (non-hydrogen) atoms. The van der Waals surface area contributed by atoms with Crippen LogP contribution in [0.5, 0.6) is 11.5 Å². The van der Waals surface area contributed by atoms with Gasteiger partial charge in [-0.05, 0) is 91.8 Å². The van der Waals surface area contributed by atoms with Crippen LogP contribution in [0.25, 0.3) is 0 Å². The van der Waals surface area contributed by atoms with Crippen molar-refractivity contribution in [3.05, 3.63) is 105 Å². The van der Waals surface area contributed by atoms with E-state index in [9.17, 15) is 24.3 Å². The largest absolute Gasteiger partial charge is 0.508 e. The molecule has 6 atom stereocenters. The second kappa shape index (κ2) is 10.8. The summed E-state index contributed by atoms with van der Waals surface area (Å²) in [6, 6.07) is 15.2. The van der Waals surface area contributed by atoms with Gasteiger partial charge in [-0.15, -0.1) is 0 Å². The average Bonchev–Trinajstić information content (AvgIpc) is 3.46. The lowest BCUT2D eigenvalue weighted by molar-refractivity contribution is -0.126. The maximum Gasteiger partial charge on any atom is 0.238 e. The average molecular weight is 670 g/mol. The summed E-state index contributed by atoms with van der Waals surface area (Å²) in [4.78, 5) is 59.3. The van der Waals surface area contributed by atoms with Crippen molar-refractivity contribution in [3.8, 4) is 11.5 Å². The minimum Gasteiger partial charge on any atom is -0.508 e. The number of carbonyl (C=O) groups excluding carboxylic acids is 4. The van der Waals surface area contributed by atoms with Crippen LogP contribution in [0.15, 0.2) is 78.1 Å². The van der Waals surface area contributed by atoms with E-state index in [1.165, 1.54) is 9.80 Å². The Bertz CT molecular complexity index is 2000. The highest BCUT2D eigenvalue weighted by atomic mass is 35.5. The van der Waals surface area contributed by atoms with Crippen molar-refractivity contribution in [2.45, 2.75) is 33.1 Å². The lowest BCUT2D eigenvalue weighted by Crippen LogP contribution is -2.45. The third-order valence-electron chi connectivity index (χ3n) is 10.7. The van der Waals surface area contributed by atoms with E-state index in [1.807, 2.05) is 19.9 Å². The minimum atomic E-state index is -0.741. The van der Waals surface area contributed by atoms with Crippen LogP contribution in [0.1, 0.15) is 29.5 Å². The second-order valence-corrected chi connectivity index (χ2v) is 14.0. The van der Waals surface area contributed by atoms with Crippen molar-refractivity contribution in [1.29, 1.82) is 0 Å². The number of imide groups is 2. The first-order chi connectivity index (χ1) is 22.5. The first-order valence-electron chi connectivity index (χ1n) is 15.7. The summed E-state index contributed by atoms with van der Waals surface area (Å²) >= 11 is 12.8. The Morgan fingerprint density at radius 3 is 2.00 bits per heavy atom. The fourth-order valence-corrected chi connectivity index (χ4v) is 8.71. The van der Waals surface area contributed by atoms with Gasteiger partial charge in [0.15, 0.2) is 0 Å². The van der Waals surface area contributed by atoms with Crippen LogP contribution < -0.4 is 14.5 Å². The van der Waals surface area contributed by atoms with Crippen LogP contribution in [0.2, 0.25) is 10.0 Å². The Morgan fingerprint density at radius 2 is 1.36 bits per heavy atom. The summed E-state index contributed by atoms with van der Waals surface area (Å²) < 4.78 is 6.03. The van der Waals surface area contributed by atoms with E-state index in [2.05, 4.69) is 0 Å².